The Morgan fingerprint density at radius 2 is 0.837 bits per heavy atom. The minimum atomic E-state index is -0.0793. The van der Waals surface area contributed by atoms with Crippen LogP contribution in [0, 0.1) is 0 Å². The molecular formula is C39H24N2O2. The van der Waals surface area contributed by atoms with E-state index in [2.05, 4.69) is 0 Å². The van der Waals surface area contributed by atoms with Crippen molar-refractivity contribution in [3.05, 3.63) is 168 Å². The Balaban J connectivity index is 1.45. The van der Waals surface area contributed by atoms with Crippen LogP contribution in [0.15, 0.2) is 146 Å². The first-order valence-corrected chi connectivity index (χ1v) is 14.2. The highest BCUT2D eigenvalue weighted by Gasteiger charge is 2.25. The second kappa shape index (κ2) is 9.89. The molecule has 0 radical (unpaired) electrons. The largest absolute Gasteiger partial charge is 0.292 e. The summed E-state index contributed by atoms with van der Waals surface area (Å²) in [5.74, 6) is 0.479. The maximum absolute atomic E-state index is 14.4. The molecule has 0 saturated carbocycles. The average Bonchev–Trinajstić information content (AvgIpc) is 3.42. The third-order valence-electron chi connectivity index (χ3n) is 8.25. The van der Waals surface area contributed by atoms with Crippen LogP contribution in [0.5, 0.6) is 0 Å². The normalized spacial score (nSPS) is 11.4. The molecular weight excluding hydrogens is 528 g/mol. The van der Waals surface area contributed by atoms with Crippen molar-refractivity contribution in [2.45, 2.75) is 0 Å². The van der Waals surface area contributed by atoms with Crippen LogP contribution in [-0.2, 0) is 0 Å². The van der Waals surface area contributed by atoms with Gasteiger partial charge in [-0.05, 0) is 45.8 Å². The highest BCUT2D eigenvalue weighted by Crippen LogP contribution is 2.38. The predicted molar refractivity (Wildman–Crippen MR) is 173 cm³/mol. The SMILES string of the molecule is O=C(c1cccc2ccccc12)c1cccc2c3cccc(C(=O)c4cccc5ccccc45)c3n(-c3ccccn3)c12. The zero-order valence-corrected chi connectivity index (χ0v) is 23.1. The molecule has 4 nitrogen and oxygen atoms in total. The van der Waals surface area contributed by atoms with Crippen molar-refractivity contribution in [2.24, 2.45) is 0 Å². The molecule has 0 aliphatic rings. The van der Waals surface area contributed by atoms with Crippen LogP contribution in [0.1, 0.15) is 31.8 Å². The fourth-order valence-corrected chi connectivity index (χ4v) is 6.33. The summed E-state index contributed by atoms with van der Waals surface area (Å²) in [5, 5.41) is 5.60. The van der Waals surface area contributed by atoms with Gasteiger partial charge in [0.2, 0.25) is 0 Å². The first-order valence-electron chi connectivity index (χ1n) is 14.2. The molecule has 0 atom stereocenters. The molecule has 0 unspecified atom stereocenters. The smallest absolute Gasteiger partial charge is 0.195 e. The Bertz CT molecular complexity index is 2230. The minimum Gasteiger partial charge on any atom is -0.292 e. The van der Waals surface area contributed by atoms with Crippen molar-refractivity contribution < 1.29 is 9.59 Å². The van der Waals surface area contributed by atoms with Gasteiger partial charge >= 0.3 is 0 Å². The van der Waals surface area contributed by atoms with E-state index >= 15 is 0 Å². The molecule has 0 amide bonds. The van der Waals surface area contributed by atoms with Gasteiger partial charge in [0.15, 0.2) is 11.6 Å². The molecule has 0 N–H and O–H groups in total. The number of nitrogens with zero attached hydrogens (tertiary/aromatic N) is 2. The maximum Gasteiger partial charge on any atom is 0.195 e. The predicted octanol–water partition coefficient (Wildman–Crippen LogP) is 8.95. The van der Waals surface area contributed by atoms with Gasteiger partial charge in [-0.1, -0.05) is 115 Å². The number of carbonyl (C=O) groups is 2. The van der Waals surface area contributed by atoms with Gasteiger partial charge in [-0.3, -0.25) is 14.2 Å². The summed E-state index contributed by atoms with van der Waals surface area (Å²) in [5.41, 5.74) is 3.84. The van der Waals surface area contributed by atoms with E-state index in [0.29, 0.717) is 28.1 Å². The van der Waals surface area contributed by atoms with Crippen molar-refractivity contribution in [1.82, 2.24) is 9.55 Å². The Labute approximate surface area is 247 Å². The Morgan fingerprint density at radius 3 is 1.35 bits per heavy atom. The van der Waals surface area contributed by atoms with Gasteiger partial charge in [0.05, 0.1) is 11.0 Å². The minimum absolute atomic E-state index is 0.0793. The Hall–Kier alpha value is -5.87. The highest BCUT2D eigenvalue weighted by atomic mass is 16.1. The Kier molecular flexibility index (Phi) is 5.73. The van der Waals surface area contributed by atoms with Crippen LogP contribution in [-0.4, -0.2) is 21.1 Å². The van der Waals surface area contributed by atoms with Crippen LogP contribution >= 0.6 is 0 Å². The molecule has 0 aliphatic heterocycles. The summed E-state index contributed by atoms with van der Waals surface area (Å²) in [6, 6.07) is 44.8. The van der Waals surface area contributed by atoms with Gasteiger partial charge in [-0.15, -0.1) is 0 Å². The van der Waals surface area contributed by atoms with E-state index in [4.69, 9.17) is 4.98 Å². The molecule has 0 spiro atoms. The van der Waals surface area contributed by atoms with Crippen LogP contribution < -0.4 is 0 Å². The number of rotatable bonds is 5. The summed E-state index contributed by atoms with van der Waals surface area (Å²) < 4.78 is 1.99. The van der Waals surface area contributed by atoms with Gasteiger partial charge in [0.1, 0.15) is 5.82 Å². The number of para-hydroxylation sites is 2. The van der Waals surface area contributed by atoms with E-state index < -0.39 is 0 Å². The summed E-state index contributed by atoms with van der Waals surface area (Å²) in [4.78, 5) is 33.5. The number of ketones is 2. The van der Waals surface area contributed by atoms with Crippen LogP contribution in [0.3, 0.4) is 0 Å². The van der Waals surface area contributed by atoms with E-state index in [0.717, 1.165) is 43.4 Å². The topological polar surface area (TPSA) is 52.0 Å². The molecule has 2 aromatic heterocycles. The lowest BCUT2D eigenvalue weighted by molar-refractivity contribution is 0.103. The van der Waals surface area contributed by atoms with Gasteiger partial charge in [-0.2, -0.15) is 0 Å². The lowest BCUT2D eigenvalue weighted by atomic mass is 9.95. The number of fused-ring (bicyclic) bond motifs is 5. The number of hydrogen-bond donors (Lipinski definition) is 0. The maximum atomic E-state index is 14.4. The zero-order chi connectivity index (χ0) is 28.9. The van der Waals surface area contributed by atoms with Crippen molar-refractivity contribution in [3.8, 4) is 5.82 Å². The van der Waals surface area contributed by atoms with E-state index in [1.807, 2.05) is 144 Å². The van der Waals surface area contributed by atoms with Crippen molar-refractivity contribution in [1.29, 1.82) is 0 Å². The van der Waals surface area contributed by atoms with Crippen molar-refractivity contribution in [3.63, 3.8) is 0 Å². The van der Waals surface area contributed by atoms with E-state index in [-0.39, 0.29) is 11.6 Å². The summed E-state index contributed by atoms with van der Waals surface area (Å²) in [6.45, 7) is 0. The monoisotopic (exact) mass is 552 g/mol. The van der Waals surface area contributed by atoms with Gasteiger partial charge in [-0.25, -0.2) is 4.98 Å². The van der Waals surface area contributed by atoms with Gasteiger partial charge < -0.3 is 0 Å². The average molecular weight is 553 g/mol. The Morgan fingerprint density at radius 1 is 0.419 bits per heavy atom. The van der Waals surface area contributed by atoms with Crippen molar-refractivity contribution >= 4 is 54.9 Å². The fraction of sp³-hybridized carbons (Fsp3) is 0. The zero-order valence-electron chi connectivity index (χ0n) is 23.1. The number of aromatic nitrogens is 2. The third kappa shape index (κ3) is 3.88. The number of hydrogen-bond acceptors (Lipinski definition) is 3. The molecule has 8 rings (SSSR count). The molecule has 0 fully saturated rings. The lowest BCUT2D eigenvalue weighted by Gasteiger charge is -2.13. The standard InChI is InChI=1S/C39H24N2O2/c42-38(31-19-7-13-25-11-1-3-15-27(25)31)33-21-9-17-29-30-18-10-22-34(37(30)41(36(29)33)35-23-5-6-24-40-35)39(43)32-20-8-14-26-12-2-4-16-28(26)32/h1-24H. The first-order chi connectivity index (χ1) is 21.2. The van der Waals surface area contributed by atoms with Gasteiger partial charge in [0.25, 0.3) is 0 Å². The number of pyridine rings is 1. The van der Waals surface area contributed by atoms with E-state index in [1.54, 1.807) is 6.20 Å². The number of carbonyl (C=O) groups excluding carboxylic acids is 2. The van der Waals surface area contributed by atoms with Crippen molar-refractivity contribution in [2.75, 3.05) is 0 Å². The highest BCUT2D eigenvalue weighted by molar-refractivity contribution is 6.27. The molecule has 202 valence electrons. The second-order valence-electron chi connectivity index (χ2n) is 10.6. The summed E-state index contributed by atoms with van der Waals surface area (Å²) in [6.07, 6.45) is 1.73. The molecule has 2 heterocycles. The van der Waals surface area contributed by atoms with Gasteiger partial charge in [0, 0.05) is 39.2 Å². The first kappa shape index (κ1) is 24.9. The van der Waals surface area contributed by atoms with Crippen LogP contribution in [0.2, 0.25) is 0 Å². The molecule has 4 heteroatoms. The molecule has 0 saturated heterocycles. The lowest BCUT2D eigenvalue weighted by Crippen LogP contribution is -2.09. The van der Waals surface area contributed by atoms with E-state index in [1.165, 1.54) is 0 Å². The quantitative estimate of drug-likeness (QED) is 0.200. The molecule has 43 heavy (non-hydrogen) atoms. The fourth-order valence-electron chi connectivity index (χ4n) is 6.33. The molecule has 6 aromatic carbocycles. The third-order valence-corrected chi connectivity index (χ3v) is 8.25. The van der Waals surface area contributed by atoms with E-state index in [9.17, 15) is 9.59 Å². The second-order valence-corrected chi connectivity index (χ2v) is 10.6. The summed E-state index contributed by atoms with van der Waals surface area (Å²) in [7, 11) is 0. The van der Waals surface area contributed by atoms with Crippen LogP contribution in [0.4, 0.5) is 0 Å². The summed E-state index contributed by atoms with van der Waals surface area (Å²) >= 11 is 0. The number of benzene rings is 6. The molecule has 8 aromatic rings. The van der Waals surface area contributed by atoms with Crippen LogP contribution in [0.25, 0.3) is 49.2 Å². The molecule has 0 bridgehead atoms. The molecule has 0 aliphatic carbocycles.